The van der Waals surface area contributed by atoms with Gasteiger partial charge in [-0.05, 0) is 18.8 Å². The molecule has 0 aromatic carbocycles. The summed E-state index contributed by atoms with van der Waals surface area (Å²) in [5.74, 6) is 1.59. The zero-order chi connectivity index (χ0) is 8.53. The molecule has 0 bridgehead atoms. The summed E-state index contributed by atoms with van der Waals surface area (Å²) < 4.78 is 0. The molecule has 11 heavy (non-hydrogen) atoms. The molecule has 0 aromatic heterocycles. The lowest BCUT2D eigenvalue weighted by Gasteiger charge is -2.04. The van der Waals surface area contributed by atoms with E-state index in [0.717, 1.165) is 18.2 Å². The summed E-state index contributed by atoms with van der Waals surface area (Å²) in [6, 6.07) is 0. The summed E-state index contributed by atoms with van der Waals surface area (Å²) in [5.41, 5.74) is 0. The smallest absolute Gasteiger partial charge is 0.0257 e. The van der Waals surface area contributed by atoms with Crippen LogP contribution in [0.3, 0.4) is 0 Å². The lowest BCUT2D eigenvalue weighted by Crippen LogP contribution is -1.90. The Morgan fingerprint density at radius 1 is 1.36 bits per heavy atom. The predicted molar refractivity (Wildman–Crippen MR) is 53.2 cm³/mol. The Labute approximate surface area is 75.6 Å². The average molecular weight is 175 g/mol. The molecule has 0 aliphatic heterocycles. The van der Waals surface area contributed by atoms with Gasteiger partial charge in [-0.25, -0.2) is 0 Å². The highest BCUT2D eigenvalue weighted by atomic mass is 35.5. The van der Waals surface area contributed by atoms with Gasteiger partial charge in [-0.3, -0.25) is 0 Å². The van der Waals surface area contributed by atoms with E-state index in [9.17, 15) is 0 Å². The van der Waals surface area contributed by atoms with Crippen molar-refractivity contribution in [3.8, 4) is 0 Å². The molecule has 0 nitrogen and oxygen atoms in total. The van der Waals surface area contributed by atoms with Gasteiger partial charge in [0.05, 0.1) is 0 Å². The van der Waals surface area contributed by atoms with Gasteiger partial charge in [0, 0.05) is 5.88 Å². The first-order valence-electron chi connectivity index (χ1n) is 4.52. The van der Waals surface area contributed by atoms with Crippen molar-refractivity contribution in [2.75, 3.05) is 5.88 Å². The number of hydrogen-bond acceptors (Lipinski definition) is 0. The van der Waals surface area contributed by atoms with Gasteiger partial charge in [0.2, 0.25) is 0 Å². The molecule has 0 spiro atoms. The zero-order valence-electron chi connectivity index (χ0n) is 7.65. The Kier molecular flexibility index (Phi) is 8.15. The van der Waals surface area contributed by atoms with Crippen LogP contribution in [0.25, 0.3) is 0 Å². The molecule has 0 saturated carbocycles. The van der Waals surface area contributed by atoms with Gasteiger partial charge in [-0.1, -0.05) is 38.8 Å². The Morgan fingerprint density at radius 2 is 2.09 bits per heavy atom. The Balaban J connectivity index is 3.21. The van der Waals surface area contributed by atoms with Gasteiger partial charge < -0.3 is 0 Å². The SMILES string of the molecule is CCCC(C)CC=CCCCl. The molecule has 0 rings (SSSR count). The van der Waals surface area contributed by atoms with Crippen LogP contribution in [0, 0.1) is 5.92 Å². The van der Waals surface area contributed by atoms with Gasteiger partial charge in [0.25, 0.3) is 0 Å². The van der Waals surface area contributed by atoms with Crippen LogP contribution in [0.4, 0.5) is 0 Å². The molecule has 66 valence electrons. The standard InChI is InChI=1S/C10H19Cl/c1-3-7-10(2)8-5-4-6-9-11/h4-5,10H,3,6-9H2,1-2H3. The van der Waals surface area contributed by atoms with E-state index >= 15 is 0 Å². The van der Waals surface area contributed by atoms with Crippen LogP contribution in [0.5, 0.6) is 0 Å². The number of rotatable bonds is 6. The molecule has 0 aromatic rings. The summed E-state index contributed by atoms with van der Waals surface area (Å²) in [6.45, 7) is 4.54. The normalized spacial score (nSPS) is 14.1. The van der Waals surface area contributed by atoms with E-state index in [-0.39, 0.29) is 0 Å². The second-order valence-corrected chi connectivity index (χ2v) is 3.46. The number of halogens is 1. The van der Waals surface area contributed by atoms with Gasteiger partial charge >= 0.3 is 0 Å². The highest BCUT2D eigenvalue weighted by Gasteiger charge is 1.95. The second-order valence-electron chi connectivity index (χ2n) is 3.08. The van der Waals surface area contributed by atoms with Crippen molar-refractivity contribution in [3.05, 3.63) is 12.2 Å². The first kappa shape index (κ1) is 11.0. The quantitative estimate of drug-likeness (QED) is 0.422. The van der Waals surface area contributed by atoms with Crippen molar-refractivity contribution in [1.82, 2.24) is 0 Å². The van der Waals surface area contributed by atoms with Crippen LogP contribution in [0.1, 0.15) is 39.5 Å². The van der Waals surface area contributed by atoms with E-state index in [1.165, 1.54) is 19.3 Å². The minimum absolute atomic E-state index is 0.749. The van der Waals surface area contributed by atoms with Crippen LogP contribution in [-0.4, -0.2) is 5.88 Å². The highest BCUT2D eigenvalue weighted by molar-refractivity contribution is 6.17. The largest absolute Gasteiger partial charge is 0.126 e. The molecular formula is C10H19Cl. The molecule has 0 amide bonds. The molecule has 0 radical (unpaired) electrons. The summed E-state index contributed by atoms with van der Waals surface area (Å²) in [7, 11) is 0. The molecule has 0 aliphatic carbocycles. The number of allylic oxidation sites excluding steroid dienone is 2. The van der Waals surface area contributed by atoms with Crippen molar-refractivity contribution >= 4 is 11.6 Å². The lowest BCUT2D eigenvalue weighted by atomic mass is 10.0. The van der Waals surface area contributed by atoms with Gasteiger partial charge in [-0.15, -0.1) is 11.6 Å². The maximum absolute atomic E-state index is 5.53. The molecule has 0 N–H and O–H groups in total. The first-order valence-corrected chi connectivity index (χ1v) is 5.05. The fraction of sp³-hybridized carbons (Fsp3) is 0.800. The molecular weight excluding hydrogens is 156 g/mol. The van der Waals surface area contributed by atoms with Gasteiger partial charge in [-0.2, -0.15) is 0 Å². The topological polar surface area (TPSA) is 0 Å². The van der Waals surface area contributed by atoms with Crippen LogP contribution in [0.15, 0.2) is 12.2 Å². The summed E-state index contributed by atoms with van der Waals surface area (Å²) in [4.78, 5) is 0. The van der Waals surface area contributed by atoms with Gasteiger partial charge in [0.15, 0.2) is 0 Å². The van der Waals surface area contributed by atoms with E-state index in [1.54, 1.807) is 0 Å². The van der Waals surface area contributed by atoms with E-state index in [1.807, 2.05) is 0 Å². The second kappa shape index (κ2) is 8.13. The molecule has 0 heterocycles. The third-order valence-corrected chi connectivity index (χ3v) is 1.98. The molecule has 1 atom stereocenters. The summed E-state index contributed by atoms with van der Waals surface area (Å²) in [6.07, 6.45) is 9.29. The Morgan fingerprint density at radius 3 is 2.64 bits per heavy atom. The zero-order valence-corrected chi connectivity index (χ0v) is 8.40. The Bertz CT molecular complexity index is 97.0. The van der Waals surface area contributed by atoms with Crippen LogP contribution < -0.4 is 0 Å². The Hall–Kier alpha value is 0.0300. The molecule has 1 heteroatoms. The van der Waals surface area contributed by atoms with Gasteiger partial charge in [0.1, 0.15) is 0 Å². The fourth-order valence-corrected chi connectivity index (χ4v) is 1.25. The van der Waals surface area contributed by atoms with E-state index in [2.05, 4.69) is 26.0 Å². The number of hydrogen-bond donors (Lipinski definition) is 0. The van der Waals surface area contributed by atoms with Crippen LogP contribution in [0.2, 0.25) is 0 Å². The fourth-order valence-electron chi connectivity index (χ4n) is 1.12. The van der Waals surface area contributed by atoms with Crippen molar-refractivity contribution in [2.45, 2.75) is 39.5 Å². The maximum atomic E-state index is 5.53. The third kappa shape index (κ3) is 7.93. The first-order chi connectivity index (χ1) is 5.31. The molecule has 0 fully saturated rings. The van der Waals surface area contributed by atoms with E-state index in [0.29, 0.717) is 0 Å². The summed E-state index contributed by atoms with van der Waals surface area (Å²) in [5, 5.41) is 0. The van der Waals surface area contributed by atoms with Crippen molar-refractivity contribution in [1.29, 1.82) is 0 Å². The molecule has 0 aliphatic rings. The minimum Gasteiger partial charge on any atom is -0.126 e. The van der Waals surface area contributed by atoms with Crippen molar-refractivity contribution < 1.29 is 0 Å². The predicted octanol–water partition coefficient (Wildman–Crippen LogP) is 4.00. The highest BCUT2D eigenvalue weighted by Crippen LogP contribution is 2.10. The lowest BCUT2D eigenvalue weighted by molar-refractivity contribution is 0.531. The summed E-state index contributed by atoms with van der Waals surface area (Å²) >= 11 is 5.53. The number of alkyl halides is 1. The maximum Gasteiger partial charge on any atom is 0.0257 e. The molecule has 1 unspecified atom stereocenters. The minimum atomic E-state index is 0.749. The van der Waals surface area contributed by atoms with E-state index in [4.69, 9.17) is 11.6 Å². The monoisotopic (exact) mass is 174 g/mol. The van der Waals surface area contributed by atoms with E-state index < -0.39 is 0 Å². The van der Waals surface area contributed by atoms with Crippen LogP contribution in [-0.2, 0) is 0 Å². The van der Waals surface area contributed by atoms with Crippen LogP contribution >= 0.6 is 11.6 Å². The van der Waals surface area contributed by atoms with Crippen molar-refractivity contribution in [3.63, 3.8) is 0 Å². The van der Waals surface area contributed by atoms with Crippen molar-refractivity contribution in [2.24, 2.45) is 5.92 Å². The average Bonchev–Trinajstić information content (AvgIpc) is 1.99. The third-order valence-electron chi connectivity index (χ3n) is 1.76. The molecule has 0 saturated heterocycles.